The van der Waals surface area contributed by atoms with E-state index in [-0.39, 0.29) is 11.1 Å². The van der Waals surface area contributed by atoms with Gasteiger partial charge in [0.2, 0.25) is 0 Å². The predicted octanol–water partition coefficient (Wildman–Crippen LogP) is 4.86. The molecule has 1 aliphatic rings. The number of carbonyl (C=O) groups excluding carboxylic acids is 1. The number of thioether (sulfide) groups is 1. The minimum absolute atomic E-state index is 0.0813. The Kier molecular flexibility index (Phi) is 4.36. The molecule has 0 bridgehead atoms. The SMILES string of the molecule is O=C1SC(=Cc2ccc(F)cc2)C(=S)N1Cc1ccccc1. The van der Waals surface area contributed by atoms with Gasteiger partial charge in [-0.25, -0.2) is 4.39 Å². The third-order valence-electron chi connectivity index (χ3n) is 3.22. The Labute approximate surface area is 137 Å². The van der Waals surface area contributed by atoms with Gasteiger partial charge >= 0.3 is 0 Å². The van der Waals surface area contributed by atoms with Crippen molar-refractivity contribution < 1.29 is 9.18 Å². The molecule has 22 heavy (non-hydrogen) atoms. The van der Waals surface area contributed by atoms with Crippen LogP contribution in [0, 0.1) is 5.82 Å². The van der Waals surface area contributed by atoms with Crippen molar-refractivity contribution in [3.8, 4) is 0 Å². The Morgan fingerprint density at radius 2 is 1.77 bits per heavy atom. The quantitative estimate of drug-likeness (QED) is 0.592. The summed E-state index contributed by atoms with van der Waals surface area (Å²) in [5.41, 5.74) is 1.85. The van der Waals surface area contributed by atoms with E-state index >= 15 is 0 Å². The maximum Gasteiger partial charge on any atom is 0.291 e. The molecule has 2 nitrogen and oxygen atoms in total. The van der Waals surface area contributed by atoms with E-state index in [1.54, 1.807) is 17.0 Å². The van der Waals surface area contributed by atoms with E-state index < -0.39 is 0 Å². The van der Waals surface area contributed by atoms with E-state index in [1.165, 1.54) is 12.1 Å². The number of thiocarbonyl (C=S) groups is 1. The molecule has 1 amide bonds. The van der Waals surface area contributed by atoms with Crippen molar-refractivity contribution >= 4 is 40.3 Å². The van der Waals surface area contributed by atoms with Gasteiger partial charge in [-0.2, -0.15) is 0 Å². The number of benzene rings is 2. The highest BCUT2D eigenvalue weighted by Crippen LogP contribution is 2.34. The molecule has 0 saturated carbocycles. The fourth-order valence-electron chi connectivity index (χ4n) is 2.11. The lowest BCUT2D eigenvalue weighted by Crippen LogP contribution is -2.26. The van der Waals surface area contributed by atoms with Crippen LogP contribution < -0.4 is 0 Å². The monoisotopic (exact) mass is 329 g/mol. The van der Waals surface area contributed by atoms with Crippen molar-refractivity contribution in [3.63, 3.8) is 0 Å². The van der Waals surface area contributed by atoms with Crippen LogP contribution in [0.2, 0.25) is 0 Å². The second kappa shape index (κ2) is 6.42. The van der Waals surface area contributed by atoms with Gasteiger partial charge in [-0.15, -0.1) is 0 Å². The minimum atomic E-state index is -0.286. The fraction of sp³-hybridized carbons (Fsp3) is 0.0588. The first-order valence-electron chi connectivity index (χ1n) is 6.68. The minimum Gasteiger partial charge on any atom is -0.288 e. The van der Waals surface area contributed by atoms with E-state index in [9.17, 15) is 9.18 Å². The number of halogens is 1. The Bertz CT molecular complexity index is 741. The van der Waals surface area contributed by atoms with Crippen molar-refractivity contribution in [1.29, 1.82) is 0 Å². The lowest BCUT2D eigenvalue weighted by molar-refractivity contribution is 0.244. The van der Waals surface area contributed by atoms with Gasteiger partial charge in [0.1, 0.15) is 10.8 Å². The van der Waals surface area contributed by atoms with Gasteiger partial charge in [0.05, 0.1) is 11.4 Å². The Hall–Kier alpha value is -1.98. The molecule has 0 aliphatic carbocycles. The molecule has 1 heterocycles. The van der Waals surface area contributed by atoms with Crippen molar-refractivity contribution in [1.82, 2.24) is 4.90 Å². The highest BCUT2D eigenvalue weighted by atomic mass is 32.2. The molecule has 1 fully saturated rings. The summed E-state index contributed by atoms with van der Waals surface area (Å²) in [6.07, 6.45) is 1.81. The summed E-state index contributed by atoms with van der Waals surface area (Å²) in [6, 6.07) is 15.8. The molecule has 0 aromatic heterocycles. The topological polar surface area (TPSA) is 20.3 Å². The van der Waals surface area contributed by atoms with Crippen molar-refractivity contribution in [2.24, 2.45) is 0 Å². The fourth-order valence-corrected chi connectivity index (χ4v) is 3.35. The average Bonchev–Trinajstić information content (AvgIpc) is 2.78. The molecule has 0 spiro atoms. The third kappa shape index (κ3) is 3.26. The molecule has 5 heteroatoms. The zero-order chi connectivity index (χ0) is 15.5. The maximum absolute atomic E-state index is 12.9. The standard InChI is InChI=1S/C17H12FNOS2/c18-14-8-6-12(7-9-14)10-15-16(21)19(17(20)22-15)11-13-4-2-1-3-5-13/h1-10H,11H2. The molecule has 2 aromatic rings. The molecular weight excluding hydrogens is 317 g/mol. The van der Waals surface area contributed by atoms with Crippen molar-refractivity contribution in [2.45, 2.75) is 6.54 Å². The summed E-state index contributed by atoms with van der Waals surface area (Å²) in [4.78, 5) is 15.0. The van der Waals surface area contributed by atoms with Crippen LogP contribution in [0.3, 0.4) is 0 Å². The number of carbonyl (C=O) groups is 1. The summed E-state index contributed by atoms with van der Waals surface area (Å²) in [5.74, 6) is -0.286. The lowest BCUT2D eigenvalue weighted by Gasteiger charge is -2.14. The predicted molar refractivity (Wildman–Crippen MR) is 91.9 cm³/mol. The van der Waals surface area contributed by atoms with Crippen molar-refractivity contribution in [2.75, 3.05) is 0 Å². The van der Waals surface area contributed by atoms with Crippen molar-refractivity contribution in [3.05, 3.63) is 76.4 Å². The summed E-state index contributed by atoms with van der Waals surface area (Å²) in [7, 11) is 0. The molecule has 3 rings (SSSR count). The number of rotatable bonds is 3. The average molecular weight is 329 g/mol. The number of nitrogens with zero attached hydrogens (tertiary/aromatic N) is 1. The van der Waals surface area contributed by atoms with Gasteiger partial charge in [0.15, 0.2) is 0 Å². The van der Waals surface area contributed by atoms with Crippen LogP contribution in [0.5, 0.6) is 0 Å². The number of hydrogen-bond donors (Lipinski definition) is 0. The lowest BCUT2D eigenvalue weighted by atomic mass is 10.2. The summed E-state index contributed by atoms with van der Waals surface area (Å²) in [6.45, 7) is 0.465. The van der Waals surface area contributed by atoms with Gasteiger partial charge in [0, 0.05) is 0 Å². The van der Waals surface area contributed by atoms with Gasteiger partial charge < -0.3 is 0 Å². The first-order chi connectivity index (χ1) is 10.6. The summed E-state index contributed by atoms with van der Waals surface area (Å²) in [5, 5.41) is -0.0813. The maximum atomic E-state index is 12.9. The second-order valence-corrected chi connectivity index (χ2v) is 6.18. The normalized spacial score (nSPS) is 16.6. The van der Waals surface area contributed by atoms with Crippen LogP contribution in [0.1, 0.15) is 11.1 Å². The van der Waals surface area contributed by atoms with Crippen LogP contribution in [0.25, 0.3) is 6.08 Å². The van der Waals surface area contributed by atoms with Gasteiger partial charge in [-0.05, 0) is 41.1 Å². The van der Waals surface area contributed by atoms with Crippen LogP contribution in [0.4, 0.5) is 9.18 Å². The molecule has 2 aromatic carbocycles. The summed E-state index contributed by atoms with van der Waals surface area (Å²) >= 11 is 6.52. The Balaban J connectivity index is 1.80. The van der Waals surface area contributed by atoms with Crippen LogP contribution in [0.15, 0.2) is 59.5 Å². The van der Waals surface area contributed by atoms with Gasteiger partial charge in [-0.1, -0.05) is 54.7 Å². The Morgan fingerprint density at radius 3 is 2.45 bits per heavy atom. The molecule has 1 saturated heterocycles. The molecule has 0 unspecified atom stereocenters. The highest BCUT2D eigenvalue weighted by molar-refractivity contribution is 8.19. The molecule has 0 atom stereocenters. The van der Waals surface area contributed by atoms with Crippen LogP contribution in [-0.2, 0) is 6.54 Å². The van der Waals surface area contributed by atoms with Crippen LogP contribution in [-0.4, -0.2) is 15.1 Å². The van der Waals surface area contributed by atoms with E-state index in [2.05, 4.69) is 0 Å². The second-order valence-electron chi connectivity index (χ2n) is 4.81. The zero-order valence-corrected chi connectivity index (χ0v) is 13.2. The largest absolute Gasteiger partial charge is 0.291 e. The molecule has 1 aliphatic heterocycles. The number of hydrogen-bond acceptors (Lipinski definition) is 3. The van der Waals surface area contributed by atoms with E-state index in [1.807, 2.05) is 36.4 Å². The number of amides is 1. The van der Waals surface area contributed by atoms with Gasteiger partial charge in [0.25, 0.3) is 5.24 Å². The van der Waals surface area contributed by atoms with E-state index in [4.69, 9.17) is 12.2 Å². The molecular formula is C17H12FNOS2. The third-order valence-corrected chi connectivity index (χ3v) is 4.72. The first kappa shape index (κ1) is 14.9. The van der Waals surface area contributed by atoms with Crippen LogP contribution >= 0.6 is 24.0 Å². The highest BCUT2D eigenvalue weighted by Gasteiger charge is 2.31. The summed E-state index contributed by atoms with van der Waals surface area (Å²) < 4.78 is 12.9. The zero-order valence-electron chi connectivity index (χ0n) is 11.5. The first-order valence-corrected chi connectivity index (χ1v) is 7.91. The van der Waals surface area contributed by atoms with Gasteiger partial charge in [-0.3, -0.25) is 9.69 Å². The smallest absolute Gasteiger partial charge is 0.288 e. The molecule has 0 N–H and O–H groups in total. The van der Waals surface area contributed by atoms with E-state index in [0.29, 0.717) is 11.5 Å². The molecule has 110 valence electrons. The van der Waals surface area contributed by atoms with E-state index in [0.717, 1.165) is 27.8 Å². The molecule has 0 radical (unpaired) electrons. The Morgan fingerprint density at radius 1 is 1.09 bits per heavy atom.